The van der Waals surface area contributed by atoms with E-state index in [1.165, 1.54) is 11.8 Å². The Morgan fingerprint density at radius 2 is 1.95 bits per heavy atom. The first-order valence-corrected chi connectivity index (χ1v) is 7.05. The second-order valence-corrected chi connectivity index (χ2v) is 5.29. The van der Waals surface area contributed by atoms with Crippen molar-refractivity contribution in [2.45, 2.75) is 31.0 Å². The van der Waals surface area contributed by atoms with Gasteiger partial charge in [-0.05, 0) is 61.8 Å². The minimum Gasteiger partial charge on any atom is -0.354 e. The number of nitrogens with one attached hydrogen (secondary N) is 1. The first-order valence-electron chi connectivity index (χ1n) is 5.85. The van der Waals surface area contributed by atoms with Gasteiger partial charge >= 0.3 is 0 Å². The minimum absolute atomic E-state index is 0.179. The van der Waals surface area contributed by atoms with Crippen LogP contribution in [0.2, 0.25) is 5.28 Å². The first kappa shape index (κ1) is 14.0. The fraction of sp³-hybridized carbons (Fsp3) is 0.333. The van der Waals surface area contributed by atoms with E-state index in [4.69, 9.17) is 11.6 Å². The number of rotatable bonds is 4. The Labute approximate surface area is 121 Å². The summed E-state index contributed by atoms with van der Waals surface area (Å²) >= 11 is 7.25. The lowest BCUT2D eigenvalue weighted by Gasteiger charge is -2.05. The molecule has 0 aliphatic rings. The third-order valence-electron chi connectivity index (χ3n) is 2.19. The normalized spacial score (nSPS) is 10.5. The summed E-state index contributed by atoms with van der Waals surface area (Å²) in [5.74, 6) is 0.481. The number of hydrogen-bond donors (Lipinski definition) is 1. The third-order valence-corrected chi connectivity index (χ3v) is 3.15. The zero-order valence-corrected chi connectivity index (χ0v) is 12.5. The Morgan fingerprint density at radius 1 is 1.16 bits per heavy atom. The molecule has 5 nitrogen and oxygen atoms in total. The largest absolute Gasteiger partial charge is 0.354 e. The summed E-state index contributed by atoms with van der Waals surface area (Å²) < 4.78 is 0. The lowest BCUT2D eigenvalue weighted by molar-refractivity contribution is 0.894. The lowest BCUT2D eigenvalue weighted by Crippen LogP contribution is -2.04. The molecule has 2 aromatic heterocycles. The summed E-state index contributed by atoms with van der Waals surface area (Å²) in [6, 6.07) is 4.01. The second-order valence-electron chi connectivity index (χ2n) is 3.97. The van der Waals surface area contributed by atoms with E-state index in [0.717, 1.165) is 22.8 Å². The van der Waals surface area contributed by atoms with E-state index in [-0.39, 0.29) is 5.28 Å². The van der Waals surface area contributed by atoms with Gasteiger partial charge in [-0.25, -0.2) is 4.98 Å². The van der Waals surface area contributed by atoms with Crippen LogP contribution in [0.5, 0.6) is 0 Å². The quantitative estimate of drug-likeness (QED) is 0.935. The van der Waals surface area contributed by atoms with Crippen molar-refractivity contribution >= 4 is 29.3 Å². The molecule has 2 heterocycles. The van der Waals surface area contributed by atoms with Gasteiger partial charge in [0.1, 0.15) is 5.03 Å². The highest BCUT2D eigenvalue weighted by atomic mass is 35.5. The van der Waals surface area contributed by atoms with E-state index in [0.29, 0.717) is 11.1 Å². The molecular weight excluding hydrogens is 282 g/mol. The standard InChI is InChI=1S/C12H14ClN5S/c1-4-14-11-16-10(13)17-12(18-11)19-9-6-7(2)5-8(3)15-9/h5-6H,4H2,1-3H3,(H,14,16,17,18). The first-order chi connectivity index (χ1) is 9.06. The molecule has 2 rings (SSSR count). The topological polar surface area (TPSA) is 63.6 Å². The van der Waals surface area contributed by atoms with Crippen LogP contribution in [-0.4, -0.2) is 26.5 Å². The molecule has 1 N–H and O–H groups in total. The Morgan fingerprint density at radius 3 is 2.63 bits per heavy atom. The van der Waals surface area contributed by atoms with Crippen molar-refractivity contribution < 1.29 is 0 Å². The summed E-state index contributed by atoms with van der Waals surface area (Å²) in [5, 5.41) is 4.58. The molecule has 2 aromatic rings. The number of aryl methyl sites for hydroxylation is 2. The van der Waals surface area contributed by atoms with Gasteiger partial charge in [-0.2, -0.15) is 15.0 Å². The highest BCUT2D eigenvalue weighted by Gasteiger charge is 2.08. The van der Waals surface area contributed by atoms with Gasteiger partial charge in [0, 0.05) is 12.2 Å². The van der Waals surface area contributed by atoms with E-state index in [1.807, 2.05) is 32.9 Å². The van der Waals surface area contributed by atoms with Gasteiger partial charge in [-0.1, -0.05) is 0 Å². The smallest absolute Gasteiger partial charge is 0.228 e. The average Bonchev–Trinajstić information content (AvgIpc) is 2.26. The molecule has 0 spiro atoms. The number of anilines is 1. The molecule has 0 saturated carbocycles. The van der Waals surface area contributed by atoms with Gasteiger partial charge in [0.15, 0.2) is 5.16 Å². The van der Waals surface area contributed by atoms with E-state index < -0.39 is 0 Å². The van der Waals surface area contributed by atoms with Crippen molar-refractivity contribution in [3.63, 3.8) is 0 Å². The zero-order chi connectivity index (χ0) is 13.8. The van der Waals surface area contributed by atoms with Gasteiger partial charge < -0.3 is 5.32 Å². The molecule has 100 valence electrons. The molecule has 0 bridgehead atoms. The minimum atomic E-state index is 0.179. The highest BCUT2D eigenvalue weighted by molar-refractivity contribution is 7.99. The molecule has 0 atom stereocenters. The fourth-order valence-electron chi connectivity index (χ4n) is 1.56. The second kappa shape index (κ2) is 6.16. The SMILES string of the molecule is CCNc1nc(Cl)nc(Sc2cc(C)cc(C)n2)n1. The molecular formula is C12H14ClN5S. The molecule has 0 aliphatic heterocycles. The van der Waals surface area contributed by atoms with Crippen LogP contribution in [0, 0.1) is 13.8 Å². The van der Waals surface area contributed by atoms with E-state index in [2.05, 4.69) is 25.3 Å². The number of nitrogens with zero attached hydrogens (tertiary/aromatic N) is 4. The molecule has 0 aliphatic carbocycles. The summed E-state index contributed by atoms with van der Waals surface area (Å²) in [6.45, 7) is 6.69. The monoisotopic (exact) mass is 295 g/mol. The summed E-state index contributed by atoms with van der Waals surface area (Å²) in [5.41, 5.74) is 2.12. The van der Waals surface area contributed by atoms with E-state index >= 15 is 0 Å². The van der Waals surface area contributed by atoms with Crippen LogP contribution >= 0.6 is 23.4 Å². The predicted octanol–water partition coefficient (Wildman–Crippen LogP) is 3.12. The van der Waals surface area contributed by atoms with Crippen LogP contribution in [0.15, 0.2) is 22.3 Å². The zero-order valence-electron chi connectivity index (χ0n) is 10.9. The molecule has 0 fully saturated rings. The van der Waals surface area contributed by atoms with Crippen molar-refractivity contribution in [2.75, 3.05) is 11.9 Å². The maximum absolute atomic E-state index is 5.88. The van der Waals surface area contributed by atoms with Crippen molar-refractivity contribution in [3.8, 4) is 0 Å². The third kappa shape index (κ3) is 4.04. The lowest BCUT2D eigenvalue weighted by atomic mass is 10.3. The van der Waals surface area contributed by atoms with Crippen LogP contribution in [0.3, 0.4) is 0 Å². The van der Waals surface area contributed by atoms with Crippen molar-refractivity contribution in [3.05, 3.63) is 28.7 Å². The van der Waals surface area contributed by atoms with Gasteiger partial charge in [0.2, 0.25) is 11.2 Å². The van der Waals surface area contributed by atoms with Crippen LogP contribution < -0.4 is 5.32 Å². The molecule has 0 saturated heterocycles. The fourth-order valence-corrected chi connectivity index (χ4v) is 2.66. The Bertz CT molecular complexity index is 570. The van der Waals surface area contributed by atoms with Crippen LogP contribution in [0.1, 0.15) is 18.2 Å². The molecule has 0 unspecified atom stereocenters. The van der Waals surface area contributed by atoms with Crippen molar-refractivity contribution in [2.24, 2.45) is 0 Å². The maximum Gasteiger partial charge on any atom is 0.228 e. The highest BCUT2D eigenvalue weighted by Crippen LogP contribution is 2.25. The van der Waals surface area contributed by atoms with Gasteiger partial charge in [0.05, 0.1) is 0 Å². The number of hydrogen-bond acceptors (Lipinski definition) is 6. The van der Waals surface area contributed by atoms with Crippen LogP contribution in [-0.2, 0) is 0 Å². The molecule has 0 radical (unpaired) electrons. The maximum atomic E-state index is 5.88. The summed E-state index contributed by atoms with van der Waals surface area (Å²) in [7, 11) is 0. The predicted molar refractivity (Wildman–Crippen MR) is 76.8 cm³/mol. The van der Waals surface area contributed by atoms with Crippen molar-refractivity contribution in [1.82, 2.24) is 19.9 Å². The van der Waals surface area contributed by atoms with Crippen LogP contribution in [0.4, 0.5) is 5.95 Å². The van der Waals surface area contributed by atoms with E-state index in [1.54, 1.807) is 0 Å². The molecule has 0 aromatic carbocycles. The van der Waals surface area contributed by atoms with Gasteiger partial charge in [-0.3, -0.25) is 0 Å². The number of aromatic nitrogens is 4. The molecule has 0 amide bonds. The van der Waals surface area contributed by atoms with Gasteiger partial charge in [-0.15, -0.1) is 0 Å². The number of halogens is 1. The summed E-state index contributed by atoms with van der Waals surface area (Å²) in [4.78, 5) is 16.8. The Hall–Kier alpha value is -1.40. The van der Waals surface area contributed by atoms with Gasteiger partial charge in [0.25, 0.3) is 0 Å². The molecule has 7 heteroatoms. The van der Waals surface area contributed by atoms with E-state index in [9.17, 15) is 0 Å². The Kier molecular flexibility index (Phi) is 4.55. The van der Waals surface area contributed by atoms with Crippen LogP contribution in [0.25, 0.3) is 0 Å². The molecule has 19 heavy (non-hydrogen) atoms. The average molecular weight is 296 g/mol. The van der Waals surface area contributed by atoms with Crippen molar-refractivity contribution in [1.29, 1.82) is 0 Å². The number of pyridine rings is 1. The Balaban J connectivity index is 2.27. The summed E-state index contributed by atoms with van der Waals surface area (Å²) in [6.07, 6.45) is 0.